The second-order valence-corrected chi connectivity index (χ2v) is 7.98. The molecule has 1 saturated heterocycles. The van der Waals surface area contributed by atoms with Crippen molar-refractivity contribution >= 4 is 39.2 Å². The van der Waals surface area contributed by atoms with Crippen LogP contribution < -0.4 is 4.90 Å². The van der Waals surface area contributed by atoms with Crippen LogP contribution in [0.4, 0.5) is 19.0 Å². The van der Waals surface area contributed by atoms with Crippen LogP contribution in [-0.4, -0.2) is 33.8 Å². The van der Waals surface area contributed by atoms with E-state index in [1.165, 1.54) is 10.8 Å². The van der Waals surface area contributed by atoms with E-state index in [4.69, 9.17) is 11.6 Å². The van der Waals surface area contributed by atoms with Gasteiger partial charge in [-0.2, -0.15) is 13.2 Å². The molecule has 0 spiro atoms. The van der Waals surface area contributed by atoms with Gasteiger partial charge in [0.25, 0.3) is 0 Å². The standard InChI is InChI=1S/C22H18ClF3N4/c23-15-9-17(14-3-4-20(28-11-14)29-7-1-2-8-29)21-18(10-15)16-5-6-27-12-19(16)30(21)13-22(24,25)26/h3-6,9-12H,1-2,7-8,13H2. The highest BCUT2D eigenvalue weighted by molar-refractivity contribution is 6.32. The third-order valence-electron chi connectivity index (χ3n) is 5.55. The molecule has 0 atom stereocenters. The normalized spacial score (nSPS) is 14.9. The number of anilines is 1. The van der Waals surface area contributed by atoms with E-state index in [1.807, 2.05) is 12.1 Å². The van der Waals surface area contributed by atoms with E-state index in [0.717, 1.165) is 37.3 Å². The van der Waals surface area contributed by atoms with Crippen molar-refractivity contribution in [3.63, 3.8) is 0 Å². The van der Waals surface area contributed by atoms with Crippen LogP contribution in [0.15, 0.2) is 48.9 Å². The van der Waals surface area contributed by atoms with Gasteiger partial charge in [0.05, 0.1) is 17.2 Å². The summed E-state index contributed by atoms with van der Waals surface area (Å²) in [5.41, 5.74) is 2.26. The minimum absolute atomic E-state index is 0.426. The van der Waals surface area contributed by atoms with Gasteiger partial charge >= 0.3 is 6.18 Å². The van der Waals surface area contributed by atoms with E-state index in [0.29, 0.717) is 32.4 Å². The molecule has 0 amide bonds. The lowest BCUT2D eigenvalue weighted by Gasteiger charge is -2.17. The first-order valence-corrected chi connectivity index (χ1v) is 10.1. The zero-order valence-corrected chi connectivity index (χ0v) is 16.7. The molecule has 0 N–H and O–H groups in total. The minimum Gasteiger partial charge on any atom is -0.357 e. The molecule has 0 aliphatic carbocycles. The molecule has 3 aromatic heterocycles. The van der Waals surface area contributed by atoms with Crippen LogP contribution in [-0.2, 0) is 6.54 Å². The predicted molar refractivity (Wildman–Crippen MR) is 113 cm³/mol. The first kappa shape index (κ1) is 19.2. The molecule has 1 aromatic carbocycles. The Morgan fingerprint density at radius 2 is 1.80 bits per heavy atom. The average molecular weight is 431 g/mol. The van der Waals surface area contributed by atoms with E-state index in [1.54, 1.807) is 30.6 Å². The van der Waals surface area contributed by atoms with Crippen molar-refractivity contribution in [1.29, 1.82) is 0 Å². The Morgan fingerprint density at radius 1 is 1.00 bits per heavy atom. The Labute approximate surface area is 175 Å². The molecule has 0 bridgehead atoms. The second kappa shape index (κ2) is 7.16. The summed E-state index contributed by atoms with van der Waals surface area (Å²) in [4.78, 5) is 10.8. The number of aromatic nitrogens is 3. The van der Waals surface area contributed by atoms with Crippen molar-refractivity contribution < 1.29 is 13.2 Å². The van der Waals surface area contributed by atoms with Gasteiger partial charge in [0.15, 0.2) is 0 Å². The SMILES string of the molecule is FC(F)(F)Cn1c2cnccc2c2cc(Cl)cc(-c3ccc(N4CCCC4)nc3)c21. The molecule has 1 aliphatic heterocycles. The maximum absolute atomic E-state index is 13.4. The number of hydrogen-bond acceptors (Lipinski definition) is 3. The fourth-order valence-electron chi connectivity index (χ4n) is 4.29. The molecule has 4 nitrogen and oxygen atoms in total. The molecule has 154 valence electrons. The number of alkyl halides is 3. The molecule has 1 aliphatic rings. The molecule has 4 heterocycles. The number of nitrogens with zero attached hydrogens (tertiary/aromatic N) is 4. The Morgan fingerprint density at radius 3 is 2.50 bits per heavy atom. The number of benzene rings is 1. The highest BCUT2D eigenvalue weighted by Gasteiger charge is 2.30. The van der Waals surface area contributed by atoms with Gasteiger partial charge < -0.3 is 9.47 Å². The van der Waals surface area contributed by atoms with Gasteiger partial charge in [-0.3, -0.25) is 4.98 Å². The molecule has 1 fully saturated rings. The molecule has 4 aromatic rings. The number of hydrogen-bond donors (Lipinski definition) is 0. The lowest BCUT2D eigenvalue weighted by Crippen LogP contribution is -2.18. The van der Waals surface area contributed by atoms with Gasteiger partial charge in [0.1, 0.15) is 12.4 Å². The van der Waals surface area contributed by atoms with E-state index >= 15 is 0 Å². The summed E-state index contributed by atoms with van der Waals surface area (Å²) in [6.07, 6.45) is 2.67. The summed E-state index contributed by atoms with van der Waals surface area (Å²) in [5.74, 6) is 0.884. The zero-order chi connectivity index (χ0) is 20.9. The van der Waals surface area contributed by atoms with Gasteiger partial charge in [0.2, 0.25) is 0 Å². The Bertz CT molecular complexity index is 1230. The van der Waals surface area contributed by atoms with Crippen molar-refractivity contribution in [1.82, 2.24) is 14.5 Å². The third-order valence-corrected chi connectivity index (χ3v) is 5.77. The van der Waals surface area contributed by atoms with Crippen LogP contribution in [0.2, 0.25) is 5.02 Å². The van der Waals surface area contributed by atoms with E-state index in [-0.39, 0.29) is 0 Å². The van der Waals surface area contributed by atoms with Gasteiger partial charge in [-0.1, -0.05) is 11.6 Å². The second-order valence-electron chi connectivity index (χ2n) is 7.54. The Balaban J connectivity index is 1.73. The maximum atomic E-state index is 13.4. The number of fused-ring (bicyclic) bond motifs is 3. The van der Waals surface area contributed by atoms with Gasteiger partial charge in [-0.05, 0) is 43.2 Å². The quantitative estimate of drug-likeness (QED) is 0.395. The molecule has 0 saturated carbocycles. The van der Waals surface area contributed by atoms with Crippen molar-refractivity contribution in [2.45, 2.75) is 25.6 Å². The monoisotopic (exact) mass is 430 g/mol. The van der Waals surface area contributed by atoms with Crippen molar-refractivity contribution in [2.24, 2.45) is 0 Å². The fraction of sp³-hybridized carbons (Fsp3) is 0.273. The van der Waals surface area contributed by atoms with Gasteiger partial charge in [0, 0.05) is 52.4 Å². The van der Waals surface area contributed by atoms with Gasteiger partial charge in [-0.25, -0.2) is 4.98 Å². The number of rotatable bonds is 3. The summed E-state index contributed by atoms with van der Waals surface area (Å²) in [6.45, 7) is 0.841. The summed E-state index contributed by atoms with van der Waals surface area (Å²) in [7, 11) is 0. The van der Waals surface area contributed by atoms with E-state index in [2.05, 4.69) is 14.9 Å². The van der Waals surface area contributed by atoms with Crippen LogP contribution in [0.5, 0.6) is 0 Å². The van der Waals surface area contributed by atoms with Crippen molar-refractivity contribution in [3.05, 3.63) is 53.9 Å². The topological polar surface area (TPSA) is 34.0 Å². The molecular weight excluding hydrogens is 413 g/mol. The molecule has 30 heavy (non-hydrogen) atoms. The zero-order valence-electron chi connectivity index (χ0n) is 16.0. The van der Waals surface area contributed by atoms with Gasteiger partial charge in [-0.15, -0.1) is 0 Å². The first-order chi connectivity index (χ1) is 14.4. The van der Waals surface area contributed by atoms with Crippen molar-refractivity contribution in [3.8, 4) is 11.1 Å². The minimum atomic E-state index is -4.37. The summed E-state index contributed by atoms with van der Waals surface area (Å²) >= 11 is 6.38. The van der Waals surface area contributed by atoms with Crippen LogP contribution in [0.3, 0.4) is 0 Å². The van der Waals surface area contributed by atoms with Crippen LogP contribution in [0.25, 0.3) is 32.9 Å². The van der Waals surface area contributed by atoms with Crippen LogP contribution in [0, 0.1) is 0 Å². The third kappa shape index (κ3) is 3.37. The first-order valence-electron chi connectivity index (χ1n) is 9.74. The summed E-state index contributed by atoms with van der Waals surface area (Å²) in [5, 5.41) is 1.82. The average Bonchev–Trinajstić information content (AvgIpc) is 3.35. The molecular formula is C22H18ClF3N4. The molecule has 5 rings (SSSR count). The lowest BCUT2D eigenvalue weighted by molar-refractivity contribution is -0.139. The molecule has 0 unspecified atom stereocenters. The fourth-order valence-corrected chi connectivity index (χ4v) is 4.51. The molecule has 0 radical (unpaired) electrons. The number of halogens is 4. The number of pyridine rings is 2. The lowest BCUT2D eigenvalue weighted by atomic mass is 10.0. The maximum Gasteiger partial charge on any atom is 0.406 e. The predicted octanol–water partition coefficient (Wildman–Crippen LogP) is 6.07. The highest BCUT2D eigenvalue weighted by Crippen LogP contribution is 2.39. The highest BCUT2D eigenvalue weighted by atomic mass is 35.5. The van der Waals surface area contributed by atoms with E-state index < -0.39 is 12.7 Å². The van der Waals surface area contributed by atoms with Crippen LogP contribution in [0.1, 0.15) is 12.8 Å². The smallest absolute Gasteiger partial charge is 0.357 e. The molecule has 8 heteroatoms. The van der Waals surface area contributed by atoms with E-state index in [9.17, 15) is 13.2 Å². The Kier molecular flexibility index (Phi) is 4.58. The summed E-state index contributed by atoms with van der Waals surface area (Å²) < 4.78 is 41.6. The summed E-state index contributed by atoms with van der Waals surface area (Å²) in [6, 6.07) is 8.96. The van der Waals surface area contributed by atoms with Crippen LogP contribution >= 0.6 is 11.6 Å². The Hall–Kier alpha value is -2.80. The van der Waals surface area contributed by atoms with Crippen molar-refractivity contribution in [2.75, 3.05) is 18.0 Å². The largest absolute Gasteiger partial charge is 0.406 e.